The quantitative estimate of drug-likeness (QED) is 0.870. The maximum absolute atomic E-state index is 11.0. The molecule has 0 aliphatic heterocycles. The van der Waals surface area contributed by atoms with Crippen LogP contribution in [0.2, 0.25) is 10.0 Å². The number of aromatic amines is 1. The predicted molar refractivity (Wildman–Crippen MR) is 80.7 cm³/mol. The first-order chi connectivity index (χ1) is 8.49. The minimum atomic E-state index is -0.780. The monoisotopic (exact) mass is 322 g/mol. The van der Waals surface area contributed by atoms with Crippen molar-refractivity contribution in [2.45, 2.75) is 13.0 Å². The largest absolute Gasteiger partial charge is 0.331 e. The van der Waals surface area contributed by atoms with Crippen LogP contribution in [0.15, 0.2) is 12.1 Å². The molecule has 98 valence electrons. The number of imidazole rings is 1. The van der Waals surface area contributed by atoms with Crippen LogP contribution in [0, 0.1) is 4.77 Å². The van der Waals surface area contributed by atoms with Gasteiger partial charge in [-0.2, -0.15) is 0 Å². The third kappa shape index (κ3) is 2.96. The zero-order valence-corrected chi connectivity index (χ0v) is 12.8. The molecule has 0 spiro atoms. The fourth-order valence-corrected chi connectivity index (χ4v) is 2.96. The lowest BCUT2D eigenvalue weighted by molar-refractivity contribution is 0.665. The average molecular weight is 323 g/mol. The standard InChI is InChI=1S/C11H12Cl2N2OS2/c1-18(16)4-2-3-15-10-6-8(13)7(12)5-9(10)14-11(15)17/h5-6H,2-4H2,1H3,(H,14,17). The number of nitrogens with one attached hydrogen (secondary N) is 1. The zero-order valence-electron chi connectivity index (χ0n) is 9.70. The summed E-state index contributed by atoms with van der Waals surface area (Å²) in [5, 5.41) is 1.01. The first-order valence-corrected chi connectivity index (χ1v) is 8.26. The SMILES string of the molecule is CS(=O)CCCn1c(=S)[nH]c2cc(Cl)c(Cl)cc21. The van der Waals surface area contributed by atoms with E-state index in [4.69, 9.17) is 35.4 Å². The van der Waals surface area contributed by atoms with Crippen LogP contribution in [0.4, 0.5) is 0 Å². The lowest BCUT2D eigenvalue weighted by Crippen LogP contribution is -2.03. The Bertz CT molecular complexity index is 663. The van der Waals surface area contributed by atoms with Gasteiger partial charge in [0.15, 0.2) is 4.77 Å². The van der Waals surface area contributed by atoms with Gasteiger partial charge in [0.1, 0.15) is 0 Å². The Morgan fingerprint density at radius 1 is 1.39 bits per heavy atom. The van der Waals surface area contributed by atoms with Gasteiger partial charge in [-0.3, -0.25) is 4.21 Å². The highest BCUT2D eigenvalue weighted by Gasteiger charge is 2.08. The minimum absolute atomic E-state index is 0.502. The van der Waals surface area contributed by atoms with Gasteiger partial charge in [-0.15, -0.1) is 0 Å². The molecular formula is C11H12Cl2N2OS2. The number of halogens is 2. The molecule has 18 heavy (non-hydrogen) atoms. The second-order valence-corrected chi connectivity index (χ2v) is 6.75. The maximum atomic E-state index is 11.0. The number of aromatic nitrogens is 2. The van der Waals surface area contributed by atoms with Crippen LogP contribution in [-0.2, 0) is 17.3 Å². The number of nitrogens with zero attached hydrogens (tertiary/aromatic N) is 1. The topological polar surface area (TPSA) is 37.8 Å². The molecule has 0 fully saturated rings. The molecule has 2 rings (SSSR count). The molecule has 0 saturated heterocycles. The number of aryl methyl sites for hydroxylation is 1. The highest BCUT2D eigenvalue weighted by molar-refractivity contribution is 7.84. The Hall–Kier alpha value is -0.360. The highest BCUT2D eigenvalue weighted by Crippen LogP contribution is 2.27. The smallest absolute Gasteiger partial charge is 0.178 e. The molecule has 7 heteroatoms. The predicted octanol–water partition coefficient (Wildman–Crippen LogP) is 3.77. The zero-order chi connectivity index (χ0) is 13.3. The molecule has 0 radical (unpaired) electrons. The van der Waals surface area contributed by atoms with Crippen LogP contribution in [0.25, 0.3) is 11.0 Å². The average Bonchev–Trinajstić information content (AvgIpc) is 2.56. The van der Waals surface area contributed by atoms with Crippen molar-refractivity contribution in [2.75, 3.05) is 12.0 Å². The number of hydrogen-bond acceptors (Lipinski definition) is 2. The molecule has 1 unspecified atom stereocenters. The van der Waals surface area contributed by atoms with Gasteiger partial charge in [-0.05, 0) is 30.8 Å². The molecular weight excluding hydrogens is 311 g/mol. The summed E-state index contributed by atoms with van der Waals surface area (Å²) in [7, 11) is -0.780. The van der Waals surface area contributed by atoms with Gasteiger partial charge in [-0.25, -0.2) is 0 Å². The van der Waals surface area contributed by atoms with Crippen LogP contribution in [0.5, 0.6) is 0 Å². The first-order valence-electron chi connectivity index (χ1n) is 5.36. The lowest BCUT2D eigenvalue weighted by Gasteiger charge is -2.04. The number of benzene rings is 1. The molecule has 0 aliphatic carbocycles. The van der Waals surface area contributed by atoms with Gasteiger partial charge in [0.25, 0.3) is 0 Å². The summed E-state index contributed by atoms with van der Waals surface area (Å²) in [6.45, 7) is 0.719. The molecule has 1 heterocycles. The van der Waals surface area contributed by atoms with E-state index in [1.54, 1.807) is 18.4 Å². The Morgan fingerprint density at radius 3 is 2.72 bits per heavy atom. The molecule has 3 nitrogen and oxygen atoms in total. The molecule has 1 aromatic heterocycles. The van der Waals surface area contributed by atoms with E-state index in [9.17, 15) is 4.21 Å². The van der Waals surface area contributed by atoms with Crippen LogP contribution >= 0.6 is 35.4 Å². The van der Waals surface area contributed by atoms with Crippen LogP contribution in [-0.4, -0.2) is 25.8 Å². The number of fused-ring (bicyclic) bond motifs is 1. The van der Waals surface area contributed by atoms with Gasteiger partial charge in [0.05, 0.1) is 21.1 Å². The molecule has 2 aromatic rings. The van der Waals surface area contributed by atoms with E-state index in [0.717, 1.165) is 24.0 Å². The van der Waals surface area contributed by atoms with Crippen molar-refractivity contribution in [2.24, 2.45) is 0 Å². The Morgan fingerprint density at radius 2 is 2.06 bits per heavy atom. The molecule has 1 N–H and O–H groups in total. The molecule has 0 saturated carbocycles. The molecule has 0 aliphatic rings. The van der Waals surface area contributed by atoms with E-state index >= 15 is 0 Å². The summed E-state index contributed by atoms with van der Waals surface area (Å²) in [5.74, 6) is 0.662. The minimum Gasteiger partial charge on any atom is -0.331 e. The number of H-pyrrole nitrogens is 1. The molecule has 0 amide bonds. The van der Waals surface area contributed by atoms with E-state index in [1.807, 2.05) is 4.57 Å². The van der Waals surface area contributed by atoms with Crippen molar-refractivity contribution < 1.29 is 4.21 Å². The summed E-state index contributed by atoms with van der Waals surface area (Å²) in [4.78, 5) is 3.09. The molecule has 0 bridgehead atoms. The van der Waals surface area contributed by atoms with Crippen LogP contribution < -0.4 is 0 Å². The maximum Gasteiger partial charge on any atom is 0.178 e. The van der Waals surface area contributed by atoms with E-state index < -0.39 is 10.8 Å². The third-order valence-corrected chi connectivity index (χ3v) is 4.54. The summed E-state index contributed by atoms with van der Waals surface area (Å²) >= 11 is 17.2. The summed E-state index contributed by atoms with van der Waals surface area (Å²) in [5.41, 5.74) is 1.79. The normalized spacial score (nSPS) is 13.1. The Labute approximate surface area is 123 Å². The van der Waals surface area contributed by atoms with Gasteiger partial charge in [0.2, 0.25) is 0 Å². The third-order valence-electron chi connectivity index (χ3n) is 2.63. The second kappa shape index (κ2) is 5.74. The van der Waals surface area contributed by atoms with Crippen molar-refractivity contribution in [1.29, 1.82) is 0 Å². The fraction of sp³-hybridized carbons (Fsp3) is 0.364. The van der Waals surface area contributed by atoms with Crippen molar-refractivity contribution in [3.05, 3.63) is 26.9 Å². The van der Waals surface area contributed by atoms with Gasteiger partial charge in [0, 0.05) is 29.4 Å². The summed E-state index contributed by atoms with van der Waals surface area (Å²) in [6, 6.07) is 3.57. The van der Waals surface area contributed by atoms with Crippen molar-refractivity contribution in [3.63, 3.8) is 0 Å². The molecule has 1 aromatic carbocycles. The van der Waals surface area contributed by atoms with Crippen molar-refractivity contribution in [3.8, 4) is 0 Å². The van der Waals surface area contributed by atoms with E-state index in [0.29, 0.717) is 20.6 Å². The summed E-state index contributed by atoms with van der Waals surface area (Å²) in [6.07, 6.45) is 2.51. The fourth-order valence-electron chi connectivity index (χ4n) is 1.80. The van der Waals surface area contributed by atoms with Crippen LogP contribution in [0.1, 0.15) is 6.42 Å². The van der Waals surface area contributed by atoms with Gasteiger partial charge in [-0.1, -0.05) is 23.2 Å². The van der Waals surface area contributed by atoms with Crippen molar-refractivity contribution in [1.82, 2.24) is 9.55 Å². The Kier molecular flexibility index (Phi) is 4.48. The van der Waals surface area contributed by atoms with E-state index in [-0.39, 0.29) is 0 Å². The number of rotatable bonds is 4. The van der Waals surface area contributed by atoms with E-state index in [2.05, 4.69) is 4.98 Å². The van der Waals surface area contributed by atoms with Crippen LogP contribution in [0.3, 0.4) is 0 Å². The number of hydrogen-bond donors (Lipinski definition) is 1. The Balaban J connectivity index is 2.37. The second-order valence-electron chi connectivity index (χ2n) is 4.00. The first kappa shape index (κ1) is 14.1. The summed E-state index contributed by atoms with van der Waals surface area (Å²) < 4.78 is 13.6. The van der Waals surface area contributed by atoms with Gasteiger partial charge >= 0.3 is 0 Å². The molecule has 1 atom stereocenters. The lowest BCUT2D eigenvalue weighted by atomic mass is 10.3. The van der Waals surface area contributed by atoms with Gasteiger partial charge < -0.3 is 9.55 Å². The highest BCUT2D eigenvalue weighted by atomic mass is 35.5. The van der Waals surface area contributed by atoms with E-state index in [1.165, 1.54) is 0 Å². The van der Waals surface area contributed by atoms with Crippen molar-refractivity contribution >= 4 is 57.3 Å².